The topological polar surface area (TPSA) is 46.1 Å². The Bertz CT molecular complexity index is 421. The molecule has 1 aromatic heterocycles. The Hall–Kier alpha value is -0.870. The van der Waals surface area contributed by atoms with E-state index >= 15 is 0 Å². The standard InChI is InChI=1S/C10H11Cl2N3O/c1-2-15(6-3-4-6)10(16)7-5-8(11)13-14-9(7)12/h5-6H,2-4H2,1H3. The van der Waals surface area contributed by atoms with Crippen LogP contribution in [-0.4, -0.2) is 33.6 Å². The second-order valence-corrected chi connectivity index (χ2v) is 4.44. The van der Waals surface area contributed by atoms with Gasteiger partial charge in [0.1, 0.15) is 0 Å². The van der Waals surface area contributed by atoms with Crippen molar-refractivity contribution in [2.75, 3.05) is 6.54 Å². The smallest absolute Gasteiger partial charge is 0.257 e. The van der Waals surface area contributed by atoms with Crippen molar-refractivity contribution in [2.45, 2.75) is 25.8 Å². The second kappa shape index (κ2) is 4.55. The Morgan fingerprint density at radius 3 is 2.75 bits per heavy atom. The van der Waals surface area contributed by atoms with Crippen molar-refractivity contribution >= 4 is 29.1 Å². The maximum atomic E-state index is 12.1. The summed E-state index contributed by atoms with van der Waals surface area (Å²) in [6.07, 6.45) is 2.12. The molecule has 2 rings (SSSR count). The Morgan fingerprint density at radius 1 is 1.50 bits per heavy atom. The van der Waals surface area contributed by atoms with Gasteiger partial charge in [-0.1, -0.05) is 23.2 Å². The molecule has 1 aliphatic carbocycles. The zero-order valence-corrected chi connectivity index (χ0v) is 10.3. The molecule has 1 fully saturated rings. The quantitative estimate of drug-likeness (QED) is 0.838. The molecule has 4 nitrogen and oxygen atoms in total. The highest BCUT2D eigenvalue weighted by atomic mass is 35.5. The first kappa shape index (κ1) is 11.6. The molecule has 6 heteroatoms. The first-order chi connectivity index (χ1) is 7.63. The van der Waals surface area contributed by atoms with E-state index in [0.29, 0.717) is 18.2 Å². The van der Waals surface area contributed by atoms with E-state index < -0.39 is 0 Å². The molecule has 0 unspecified atom stereocenters. The number of nitrogens with zero attached hydrogens (tertiary/aromatic N) is 3. The van der Waals surface area contributed by atoms with E-state index in [1.54, 1.807) is 4.90 Å². The molecular weight excluding hydrogens is 249 g/mol. The third-order valence-electron chi connectivity index (χ3n) is 2.54. The summed E-state index contributed by atoms with van der Waals surface area (Å²) in [5, 5.41) is 7.50. The number of halogens is 2. The predicted octanol–water partition coefficient (Wildman–Crippen LogP) is 2.41. The Morgan fingerprint density at radius 2 is 2.19 bits per heavy atom. The predicted molar refractivity (Wildman–Crippen MR) is 61.8 cm³/mol. The fourth-order valence-electron chi connectivity index (χ4n) is 1.61. The maximum absolute atomic E-state index is 12.1. The Labute approximate surface area is 104 Å². The van der Waals surface area contributed by atoms with Gasteiger partial charge in [-0.25, -0.2) is 0 Å². The fourth-order valence-corrected chi connectivity index (χ4v) is 1.93. The summed E-state index contributed by atoms with van der Waals surface area (Å²) >= 11 is 11.5. The van der Waals surface area contributed by atoms with Gasteiger partial charge in [0.25, 0.3) is 5.91 Å². The average Bonchev–Trinajstić information content (AvgIpc) is 3.07. The first-order valence-corrected chi connectivity index (χ1v) is 5.88. The van der Waals surface area contributed by atoms with Crippen LogP contribution in [0.25, 0.3) is 0 Å². The Kier molecular flexibility index (Phi) is 3.30. The molecule has 0 atom stereocenters. The van der Waals surface area contributed by atoms with E-state index in [9.17, 15) is 4.79 Å². The molecule has 1 aliphatic rings. The second-order valence-electron chi connectivity index (χ2n) is 3.69. The fraction of sp³-hybridized carbons (Fsp3) is 0.500. The van der Waals surface area contributed by atoms with E-state index in [2.05, 4.69) is 10.2 Å². The summed E-state index contributed by atoms with van der Waals surface area (Å²) in [5.41, 5.74) is 0.329. The molecule has 0 spiro atoms. The van der Waals surface area contributed by atoms with Gasteiger partial charge < -0.3 is 4.90 Å². The van der Waals surface area contributed by atoms with Crippen molar-refractivity contribution in [1.82, 2.24) is 15.1 Å². The lowest BCUT2D eigenvalue weighted by atomic mass is 10.2. The molecule has 0 radical (unpaired) electrons. The van der Waals surface area contributed by atoms with Crippen LogP contribution < -0.4 is 0 Å². The lowest BCUT2D eigenvalue weighted by Crippen LogP contribution is -2.33. The highest BCUT2D eigenvalue weighted by Gasteiger charge is 2.33. The monoisotopic (exact) mass is 259 g/mol. The van der Waals surface area contributed by atoms with Gasteiger partial charge in [-0.15, -0.1) is 10.2 Å². The third kappa shape index (κ3) is 2.28. The molecule has 0 aliphatic heterocycles. The third-order valence-corrected chi connectivity index (χ3v) is 3.00. The minimum absolute atomic E-state index is 0.105. The number of carbonyl (C=O) groups excluding carboxylic acids is 1. The average molecular weight is 260 g/mol. The lowest BCUT2D eigenvalue weighted by molar-refractivity contribution is 0.0752. The van der Waals surface area contributed by atoms with Crippen LogP contribution in [0.1, 0.15) is 30.1 Å². The van der Waals surface area contributed by atoms with Gasteiger partial charge in [-0.05, 0) is 25.8 Å². The van der Waals surface area contributed by atoms with Gasteiger partial charge in [0, 0.05) is 12.6 Å². The van der Waals surface area contributed by atoms with Crippen LogP contribution in [0.15, 0.2) is 6.07 Å². The molecule has 1 saturated carbocycles. The van der Waals surface area contributed by atoms with Crippen molar-refractivity contribution in [1.29, 1.82) is 0 Å². The Balaban J connectivity index is 2.28. The molecule has 1 aromatic rings. The van der Waals surface area contributed by atoms with Gasteiger partial charge in [0.2, 0.25) is 0 Å². The maximum Gasteiger partial charge on any atom is 0.257 e. The van der Waals surface area contributed by atoms with Gasteiger partial charge in [0.15, 0.2) is 10.3 Å². The summed E-state index contributed by atoms with van der Waals surface area (Å²) in [6, 6.07) is 1.81. The summed E-state index contributed by atoms with van der Waals surface area (Å²) in [7, 11) is 0. The largest absolute Gasteiger partial charge is 0.336 e. The van der Waals surface area contributed by atoms with Crippen LogP contribution in [0.2, 0.25) is 10.3 Å². The number of amides is 1. The molecule has 0 N–H and O–H groups in total. The number of rotatable bonds is 3. The van der Waals surface area contributed by atoms with E-state index in [1.165, 1.54) is 6.07 Å². The van der Waals surface area contributed by atoms with E-state index in [1.807, 2.05) is 6.92 Å². The SMILES string of the molecule is CCN(C(=O)c1cc(Cl)nnc1Cl)C1CC1. The summed E-state index contributed by atoms with van der Waals surface area (Å²) in [6.45, 7) is 2.61. The summed E-state index contributed by atoms with van der Waals surface area (Å²) in [5.74, 6) is -0.119. The number of hydrogen-bond acceptors (Lipinski definition) is 3. The van der Waals surface area contributed by atoms with Crippen LogP contribution >= 0.6 is 23.2 Å². The zero-order chi connectivity index (χ0) is 11.7. The van der Waals surface area contributed by atoms with E-state index in [-0.39, 0.29) is 16.2 Å². The number of hydrogen-bond donors (Lipinski definition) is 0. The van der Waals surface area contributed by atoms with Gasteiger partial charge in [0.05, 0.1) is 5.56 Å². The molecule has 0 saturated heterocycles. The van der Waals surface area contributed by atoms with E-state index in [0.717, 1.165) is 12.8 Å². The normalized spacial score (nSPS) is 14.9. The summed E-state index contributed by atoms with van der Waals surface area (Å²) in [4.78, 5) is 13.9. The van der Waals surface area contributed by atoms with Crippen molar-refractivity contribution in [3.63, 3.8) is 0 Å². The van der Waals surface area contributed by atoms with E-state index in [4.69, 9.17) is 23.2 Å². The highest BCUT2D eigenvalue weighted by molar-refractivity contribution is 6.34. The van der Waals surface area contributed by atoms with Crippen LogP contribution in [0.3, 0.4) is 0 Å². The molecule has 1 amide bonds. The molecule has 0 bridgehead atoms. The molecule has 86 valence electrons. The van der Waals surface area contributed by atoms with Crippen LogP contribution in [0.4, 0.5) is 0 Å². The van der Waals surface area contributed by atoms with Crippen molar-refractivity contribution in [3.05, 3.63) is 21.9 Å². The minimum atomic E-state index is -0.119. The molecule has 0 aromatic carbocycles. The van der Waals surface area contributed by atoms with Crippen molar-refractivity contribution < 1.29 is 4.79 Å². The lowest BCUT2D eigenvalue weighted by Gasteiger charge is -2.20. The first-order valence-electron chi connectivity index (χ1n) is 5.13. The molecular formula is C10H11Cl2N3O. The van der Waals surface area contributed by atoms with Crippen molar-refractivity contribution in [2.24, 2.45) is 0 Å². The number of carbonyl (C=O) groups is 1. The molecule has 16 heavy (non-hydrogen) atoms. The van der Waals surface area contributed by atoms with Gasteiger partial charge >= 0.3 is 0 Å². The van der Waals surface area contributed by atoms with Crippen LogP contribution in [-0.2, 0) is 0 Å². The number of aromatic nitrogens is 2. The van der Waals surface area contributed by atoms with Crippen LogP contribution in [0.5, 0.6) is 0 Å². The molecule has 1 heterocycles. The van der Waals surface area contributed by atoms with Crippen LogP contribution in [0, 0.1) is 0 Å². The summed E-state index contributed by atoms with van der Waals surface area (Å²) < 4.78 is 0. The van der Waals surface area contributed by atoms with Gasteiger partial charge in [-0.2, -0.15) is 0 Å². The van der Waals surface area contributed by atoms with Crippen molar-refractivity contribution in [3.8, 4) is 0 Å². The minimum Gasteiger partial charge on any atom is -0.336 e. The van der Waals surface area contributed by atoms with Gasteiger partial charge in [-0.3, -0.25) is 4.79 Å². The zero-order valence-electron chi connectivity index (χ0n) is 8.78. The highest BCUT2D eigenvalue weighted by Crippen LogP contribution is 2.29.